The van der Waals surface area contributed by atoms with Gasteiger partial charge in [-0.25, -0.2) is 0 Å². The molecule has 0 saturated carbocycles. The van der Waals surface area contributed by atoms with Crippen LogP contribution in [-0.4, -0.2) is 5.09 Å². The van der Waals surface area contributed by atoms with Crippen molar-refractivity contribution in [2.24, 2.45) is 0 Å². The molecule has 0 aromatic carbocycles. The van der Waals surface area contributed by atoms with E-state index in [0.29, 0.717) is 0 Å². The average molecular weight is 132 g/mol. The number of nitriles is 2. The minimum Gasteiger partial charge on any atom is -0.369 e. The van der Waals surface area contributed by atoms with E-state index in [1.807, 2.05) is 0 Å². The van der Waals surface area contributed by atoms with Crippen molar-refractivity contribution in [2.45, 2.75) is 0 Å². The second-order valence-electron chi connectivity index (χ2n) is 0.447. The highest BCUT2D eigenvalue weighted by Gasteiger charge is 1.45. The summed E-state index contributed by atoms with van der Waals surface area (Å²) in [5.41, 5.74) is 0. The lowest BCUT2D eigenvalue weighted by Gasteiger charge is -1.74. The molecule has 0 heterocycles. The molecule has 0 fully saturated rings. The summed E-state index contributed by atoms with van der Waals surface area (Å²) in [7, 11) is 0. The molecule has 0 aliphatic rings. The Hall–Kier alpha value is -1.86. The third kappa shape index (κ3) is 142. The summed E-state index contributed by atoms with van der Waals surface area (Å²) in [4.78, 5) is 8.25. The predicted molar refractivity (Wildman–Crippen MR) is 27.6 cm³/mol. The van der Waals surface area contributed by atoms with Gasteiger partial charge in [-0.3, -0.25) is 0 Å². The number of hydrogen-bond donors (Lipinski definition) is 1. The van der Waals surface area contributed by atoms with E-state index in [9.17, 15) is 0 Å². The maximum Gasteiger partial charge on any atom is 0.181 e. The van der Waals surface area contributed by atoms with Gasteiger partial charge < -0.3 is 21.5 Å². The monoisotopic (exact) mass is 132 g/mol. The van der Waals surface area contributed by atoms with E-state index in [4.69, 9.17) is 25.8 Å². The van der Waals surface area contributed by atoms with Gasteiger partial charge >= 0.3 is 0 Å². The van der Waals surface area contributed by atoms with Crippen molar-refractivity contribution in [3.63, 3.8) is 0 Å². The fourth-order valence-corrected chi connectivity index (χ4v) is 0. The molecule has 0 aromatic rings. The first kappa shape index (κ1) is 15.7. The van der Waals surface area contributed by atoms with Crippen LogP contribution >= 0.6 is 0 Å². The number of rotatable bonds is 0. The zero-order valence-electron chi connectivity index (χ0n) is 4.57. The van der Waals surface area contributed by atoms with Gasteiger partial charge in [-0.1, -0.05) is 0 Å². The van der Waals surface area contributed by atoms with Crippen LogP contribution in [0.2, 0.25) is 0 Å². The highest BCUT2D eigenvalue weighted by Crippen LogP contribution is 1.44. The molecule has 0 spiro atoms. The fraction of sp³-hybridized carbons (Fsp3) is 0. The Morgan fingerprint density at radius 3 is 1.33 bits per heavy atom. The predicted octanol–water partition coefficient (Wildman–Crippen LogP) is 0.171. The summed E-state index contributed by atoms with van der Waals surface area (Å²) < 4.78 is 0. The fourth-order valence-electron chi connectivity index (χ4n) is 0. The average Bonchev–Trinajstić information content (AvgIpc) is 1.65. The van der Waals surface area contributed by atoms with Crippen LogP contribution in [0.3, 0.4) is 0 Å². The first-order chi connectivity index (χ1) is 3.65. The second-order valence-corrected chi connectivity index (χ2v) is 0.447. The minimum atomic E-state index is -1.75. The van der Waals surface area contributed by atoms with Crippen LogP contribution in [0.1, 0.15) is 0 Å². The maximum atomic E-state index is 8.25. The molecule has 0 aliphatic heterocycles. The Morgan fingerprint density at radius 2 is 1.33 bits per heavy atom. The van der Waals surface area contributed by atoms with Gasteiger partial charge in [0.1, 0.15) is 0 Å². The van der Waals surface area contributed by atoms with Crippen molar-refractivity contribution in [1.29, 1.82) is 10.5 Å². The van der Waals surface area contributed by atoms with Gasteiger partial charge in [0.15, 0.2) is 12.1 Å². The molecule has 4 N–H and O–H groups in total. The van der Waals surface area contributed by atoms with Crippen molar-refractivity contribution in [3.05, 3.63) is 15.3 Å². The number of hydrogen-bond acceptors (Lipinski definition) is 5. The Morgan fingerprint density at radius 1 is 1.22 bits per heavy atom. The molecular weight excluding hydrogens is 128 g/mol. The van der Waals surface area contributed by atoms with E-state index >= 15 is 0 Å². The van der Waals surface area contributed by atoms with Gasteiger partial charge in [-0.05, 0) is 0 Å². The minimum absolute atomic E-state index is 0. The molecule has 9 heavy (non-hydrogen) atoms. The molecule has 0 atom stereocenters. The molecule has 0 unspecified atom stereocenters. The number of nitrogens with zero attached hydrogens (tertiary/aromatic N) is 3. The zero-order valence-corrected chi connectivity index (χ0v) is 4.57. The molecular formula is C2H4N4O3. The van der Waals surface area contributed by atoms with Crippen molar-refractivity contribution in [3.8, 4) is 12.1 Å². The standard InChI is InChI=1S/C2N2.NO3.H3N/c3-1-2-4;2-1(3)4;/h;;1H3/q;-1;/p+1. The van der Waals surface area contributed by atoms with E-state index in [-0.39, 0.29) is 6.15 Å². The second kappa shape index (κ2) is 16.5. The molecule has 7 heteroatoms. The van der Waals surface area contributed by atoms with Gasteiger partial charge in [0, 0.05) is 0 Å². The van der Waals surface area contributed by atoms with E-state index in [0.717, 1.165) is 0 Å². The molecule has 0 aromatic heterocycles. The summed E-state index contributed by atoms with van der Waals surface area (Å²) in [5, 5.41) is 29.3. The molecule has 7 nitrogen and oxygen atoms in total. The maximum absolute atomic E-state index is 8.25. The molecule has 0 saturated heterocycles. The first-order valence-electron chi connectivity index (χ1n) is 1.24. The largest absolute Gasteiger partial charge is 0.369 e. The summed E-state index contributed by atoms with van der Waals surface area (Å²) in [6, 6.07) is 2.47. The normalized spacial score (nSPS) is 3.78. The van der Waals surface area contributed by atoms with Crippen LogP contribution in [0.4, 0.5) is 0 Å². The number of quaternary nitrogens is 1. The lowest BCUT2D eigenvalue weighted by Crippen LogP contribution is -1.74. The molecule has 0 rings (SSSR count). The summed E-state index contributed by atoms with van der Waals surface area (Å²) in [6.07, 6.45) is 0. The van der Waals surface area contributed by atoms with Gasteiger partial charge in [-0.2, -0.15) is 10.5 Å². The third-order valence-corrected chi connectivity index (χ3v) is 0.0500. The Balaban J connectivity index is -0.0000000720. The lowest BCUT2D eigenvalue weighted by atomic mass is 10.9. The van der Waals surface area contributed by atoms with E-state index in [1.165, 1.54) is 12.1 Å². The van der Waals surface area contributed by atoms with Gasteiger partial charge in [0.05, 0.1) is 5.09 Å². The third-order valence-electron chi connectivity index (χ3n) is 0.0500. The van der Waals surface area contributed by atoms with E-state index < -0.39 is 5.09 Å². The molecule has 0 amide bonds. The molecule has 0 aliphatic carbocycles. The SMILES string of the molecule is N#CC#N.O=[N+]([O-])[O-].[NH4+]. The van der Waals surface area contributed by atoms with Crippen LogP contribution in [0.15, 0.2) is 0 Å². The van der Waals surface area contributed by atoms with Crippen molar-refractivity contribution in [2.75, 3.05) is 0 Å². The van der Waals surface area contributed by atoms with Crippen molar-refractivity contribution < 1.29 is 5.09 Å². The highest BCUT2D eigenvalue weighted by atomic mass is 16.9. The zero-order chi connectivity index (χ0) is 6.99. The van der Waals surface area contributed by atoms with Crippen LogP contribution < -0.4 is 6.15 Å². The summed E-state index contributed by atoms with van der Waals surface area (Å²) in [6.45, 7) is 0. The van der Waals surface area contributed by atoms with E-state index in [2.05, 4.69) is 0 Å². The molecule has 50 valence electrons. The van der Waals surface area contributed by atoms with Crippen LogP contribution in [0, 0.1) is 38.0 Å². The molecule has 0 bridgehead atoms. The Kier molecular flexibility index (Phi) is 28.7. The Labute approximate surface area is 50.4 Å². The highest BCUT2D eigenvalue weighted by molar-refractivity contribution is 4.99. The smallest absolute Gasteiger partial charge is 0.181 e. The van der Waals surface area contributed by atoms with Crippen molar-refractivity contribution >= 4 is 0 Å². The molecule has 0 radical (unpaired) electrons. The van der Waals surface area contributed by atoms with Gasteiger partial charge in [0.25, 0.3) is 0 Å². The van der Waals surface area contributed by atoms with E-state index in [1.54, 1.807) is 0 Å². The quantitative estimate of drug-likeness (QED) is 0.368. The van der Waals surface area contributed by atoms with Crippen LogP contribution in [-0.2, 0) is 0 Å². The first-order valence-corrected chi connectivity index (χ1v) is 1.24. The van der Waals surface area contributed by atoms with Crippen LogP contribution in [0.5, 0.6) is 0 Å². The summed E-state index contributed by atoms with van der Waals surface area (Å²) in [5.74, 6) is 0. The lowest BCUT2D eigenvalue weighted by molar-refractivity contribution is -0.402. The topological polar surface area (TPSA) is 150 Å². The van der Waals surface area contributed by atoms with Gasteiger partial charge in [0.2, 0.25) is 0 Å². The summed E-state index contributed by atoms with van der Waals surface area (Å²) >= 11 is 0. The Bertz CT molecular complexity index is 125. The van der Waals surface area contributed by atoms with Gasteiger partial charge in [-0.15, -0.1) is 0 Å². The van der Waals surface area contributed by atoms with Crippen LogP contribution in [0.25, 0.3) is 0 Å². The van der Waals surface area contributed by atoms with Crippen molar-refractivity contribution in [1.82, 2.24) is 6.15 Å².